The van der Waals surface area contributed by atoms with E-state index in [2.05, 4.69) is 76.0 Å². The van der Waals surface area contributed by atoms with Gasteiger partial charge in [0.1, 0.15) is 3.74 Å². The number of ketones is 3. The standard InChI is InChI=1S/C15H16Br2O3.C15H17BrO3.C15H18O3.CHCl3.Br2/c1-8-6-11(9-4-3-5-9)12(13(18)14(16)17)7-10(8)15(19)20-2;1-9-6-12(10-4-3-5-10)13(14(17)8-16)7-11(9)15(18)19-2;1-9-7-14(11-5-4-6-11)13(10(2)16)8-12(9)15(17)18-3;2-1(3)4;1-2/h6-7,9,14H,3-5H2,1-2H3;6-7,10H,3-5,8H2,1-2H3;7-8,11H,4-6H2,1-3H3;1H;. The number of alkyl halides is 6. The molecule has 0 atom stereocenters. The summed E-state index contributed by atoms with van der Waals surface area (Å²) >= 11 is 29.6. The first-order valence-corrected chi connectivity index (χ1v) is 28.0. The molecule has 0 amide bonds. The number of carbonyl (C=O) groups is 6. The van der Waals surface area contributed by atoms with Crippen LogP contribution in [0.25, 0.3) is 0 Å². The molecule has 0 bridgehead atoms. The van der Waals surface area contributed by atoms with Crippen molar-refractivity contribution >= 4 is 146 Å². The van der Waals surface area contributed by atoms with Gasteiger partial charge in [0.15, 0.2) is 21.6 Å². The van der Waals surface area contributed by atoms with Gasteiger partial charge in [0.25, 0.3) is 0 Å². The summed E-state index contributed by atoms with van der Waals surface area (Å²) < 4.78 is 13.1. The van der Waals surface area contributed by atoms with Crippen LogP contribution in [0.15, 0.2) is 36.4 Å². The number of halogens is 8. The minimum Gasteiger partial charge on any atom is -0.465 e. The van der Waals surface area contributed by atoms with Crippen molar-refractivity contribution in [2.45, 2.75) is 111 Å². The minimum absolute atomic E-state index is 0.0158. The van der Waals surface area contributed by atoms with E-state index in [1.54, 1.807) is 25.1 Å². The Morgan fingerprint density at radius 1 is 0.556 bits per heavy atom. The molecule has 0 unspecified atom stereocenters. The van der Waals surface area contributed by atoms with Crippen LogP contribution in [0, 0.1) is 20.8 Å². The lowest BCUT2D eigenvalue weighted by Crippen LogP contribution is -2.19. The third-order valence-electron chi connectivity index (χ3n) is 11.3. The Bertz CT molecular complexity index is 2100. The average molecular weight is 1250 g/mol. The molecule has 9 nitrogen and oxygen atoms in total. The molecule has 3 fully saturated rings. The summed E-state index contributed by atoms with van der Waals surface area (Å²) in [4.78, 5) is 71.3. The summed E-state index contributed by atoms with van der Waals surface area (Å²) in [5.74, 6) is 0.177. The lowest BCUT2D eigenvalue weighted by Gasteiger charge is -2.28. The van der Waals surface area contributed by atoms with E-state index in [0.717, 1.165) is 71.9 Å². The molecule has 346 valence electrons. The zero-order chi connectivity index (χ0) is 47.7. The second-order valence-corrected chi connectivity index (χ2v) is 20.7. The van der Waals surface area contributed by atoms with E-state index in [1.807, 2.05) is 39.0 Å². The van der Waals surface area contributed by atoms with Crippen molar-refractivity contribution in [2.24, 2.45) is 0 Å². The van der Waals surface area contributed by atoms with Gasteiger partial charge in [-0.3, -0.25) is 14.4 Å². The van der Waals surface area contributed by atoms with Crippen LogP contribution in [0.5, 0.6) is 0 Å². The average Bonchev–Trinajstić information content (AvgIpc) is 3.18. The van der Waals surface area contributed by atoms with E-state index in [4.69, 9.17) is 49.0 Å². The van der Waals surface area contributed by atoms with Crippen LogP contribution in [-0.4, -0.2) is 69.9 Å². The molecule has 0 radical (unpaired) electrons. The van der Waals surface area contributed by atoms with Gasteiger partial charge in [-0.05, 0) is 136 Å². The van der Waals surface area contributed by atoms with E-state index < -0.39 is 14.0 Å². The number of rotatable bonds is 11. The topological polar surface area (TPSA) is 130 Å². The van der Waals surface area contributed by atoms with E-state index in [0.29, 0.717) is 51.1 Å². The van der Waals surface area contributed by atoms with Crippen LogP contribution in [0.4, 0.5) is 0 Å². The molecule has 3 aromatic rings. The predicted molar refractivity (Wildman–Crippen MR) is 271 cm³/mol. The number of carbonyl (C=O) groups excluding carboxylic acids is 6. The molecule has 0 saturated heterocycles. The first-order chi connectivity index (χ1) is 29.8. The van der Waals surface area contributed by atoms with Crippen molar-refractivity contribution in [1.29, 1.82) is 0 Å². The SMILES string of the molecule is BrBr.COC(=O)c1cc(C(=O)C(Br)Br)c(C2CCC2)cc1C.COC(=O)c1cc(C(=O)CBr)c(C2CCC2)cc1C.COC(=O)c1cc(C(C)=O)c(C2CCC2)cc1C.ClC(Cl)Cl. The molecule has 17 heteroatoms. The summed E-state index contributed by atoms with van der Waals surface area (Å²) in [6.45, 7) is 7.20. The predicted octanol–water partition coefficient (Wildman–Crippen LogP) is 14.9. The van der Waals surface area contributed by atoms with Gasteiger partial charge in [-0.2, -0.15) is 0 Å². The van der Waals surface area contributed by atoms with Gasteiger partial charge in [-0.15, -0.1) is 0 Å². The fraction of sp³-hybridized carbons (Fsp3) is 0.478. The lowest BCUT2D eigenvalue weighted by molar-refractivity contribution is 0.0590. The zero-order valence-corrected chi connectivity index (χ0v) is 46.3. The van der Waals surface area contributed by atoms with Crippen LogP contribution in [0.1, 0.15) is 178 Å². The Kier molecular flexibility index (Phi) is 26.0. The third-order valence-corrected chi connectivity index (χ3v) is 12.6. The van der Waals surface area contributed by atoms with Crippen molar-refractivity contribution in [3.8, 4) is 0 Å². The number of ether oxygens (including phenoxy) is 3. The fourth-order valence-electron chi connectivity index (χ4n) is 7.30. The van der Waals surface area contributed by atoms with Gasteiger partial charge in [0.2, 0.25) is 0 Å². The normalized spacial score (nSPS) is 14.2. The van der Waals surface area contributed by atoms with E-state index in [-0.39, 0.29) is 34.6 Å². The third kappa shape index (κ3) is 16.3. The van der Waals surface area contributed by atoms with Crippen LogP contribution in [0.3, 0.4) is 0 Å². The second kappa shape index (κ2) is 28.5. The number of methoxy groups -OCH3 is 3. The highest BCUT2D eigenvalue weighted by Crippen LogP contribution is 2.42. The highest BCUT2D eigenvalue weighted by atomic mass is 80.9. The highest BCUT2D eigenvalue weighted by Gasteiger charge is 2.30. The first kappa shape index (κ1) is 57.5. The minimum atomic E-state index is -0.750. The summed E-state index contributed by atoms with van der Waals surface area (Å²) in [5, 5.41) is 0.274. The van der Waals surface area contributed by atoms with Crippen LogP contribution in [0.2, 0.25) is 0 Å². The number of hydrogen-bond donors (Lipinski definition) is 0. The number of aryl methyl sites for hydroxylation is 3. The monoisotopic (exact) mass is 1250 g/mol. The molecular formula is C46H52Br5Cl3O9. The Morgan fingerprint density at radius 2 is 0.841 bits per heavy atom. The maximum Gasteiger partial charge on any atom is 0.338 e. The van der Waals surface area contributed by atoms with Crippen LogP contribution in [-0.2, 0) is 14.2 Å². The van der Waals surface area contributed by atoms with Crippen LogP contribution >= 0.6 is 111 Å². The summed E-state index contributed by atoms with van der Waals surface area (Å²) in [7, 11) is 4.06. The molecule has 3 aliphatic rings. The molecule has 6 rings (SSSR count). The van der Waals surface area contributed by atoms with Crippen LogP contribution < -0.4 is 0 Å². The Labute approximate surface area is 426 Å². The Hall–Kier alpha value is -1.65. The van der Waals surface area contributed by atoms with E-state index in [1.165, 1.54) is 40.6 Å². The molecule has 0 aromatic heterocycles. The van der Waals surface area contributed by atoms with Crippen molar-refractivity contribution in [2.75, 3.05) is 26.7 Å². The zero-order valence-electron chi connectivity index (χ0n) is 36.1. The molecule has 3 aromatic carbocycles. The van der Waals surface area contributed by atoms with Crippen molar-refractivity contribution in [1.82, 2.24) is 0 Å². The Balaban J connectivity index is 0.000000306. The molecule has 0 N–H and O–H groups in total. The molecule has 0 aliphatic heterocycles. The molecule has 0 spiro atoms. The van der Waals surface area contributed by atoms with Gasteiger partial charge in [0, 0.05) is 44.9 Å². The molecule has 3 saturated carbocycles. The van der Waals surface area contributed by atoms with Gasteiger partial charge >= 0.3 is 17.9 Å². The van der Waals surface area contributed by atoms with Gasteiger partial charge in [-0.25, -0.2) is 14.4 Å². The number of hydrogen-bond acceptors (Lipinski definition) is 9. The molecule has 0 heterocycles. The van der Waals surface area contributed by atoms with Gasteiger partial charge in [0.05, 0.1) is 43.3 Å². The van der Waals surface area contributed by atoms with Crippen molar-refractivity contribution in [3.63, 3.8) is 0 Å². The number of esters is 3. The maximum atomic E-state index is 12.3. The number of benzene rings is 3. The molecule has 63 heavy (non-hydrogen) atoms. The molecule has 3 aliphatic carbocycles. The second-order valence-electron chi connectivity index (χ2n) is 15.1. The summed E-state index contributed by atoms with van der Waals surface area (Å²) in [5.41, 5.74) is 9.22. The lowest BCUT2D eigenvalue weighted by atomic mass is 9.76. The van der Waals surface area contributed by atoms with E-state index in [9.17, 15) is 28.8 Å². The smallest absolute Gasteiger partial charge is 0.338 e. The Morgan fingerprint density at radius 3 is 1.10 bits per heavy atom. The van der Waals surface area contributed by atoms with Gasteiger partial charge < -0.3 is 14.2 Å². The first-order valence-electron chi connectivity index (χ1n) is 20.0. The quantitative estimate of drug-likeness (QED) is 0.0797. The molecular weight excluding hydrogens is 1200 g/mol. The number of Topliss-reactive ketones (excluding diaryl/α,β-unsaturated/α-hetero) is 3. The highest BCUT2D eigenvalue weighted by molar-refractivity contribution is 9.93. The summed E-state index contributed by atoms with van der Waals surface area (Å²) in [6, 6.07) is 11.0. The van der Waals surface area contributed by atoms with E-state index >= 15 is 0 Å². The van der Waals surface area contributed by atoms with Crippen molar-refractivity contribution in [3.05, 3.63) is 103 Å². The maximum absolute atomic E-state index is 12.3. The fourth-order valence-corrected chi connectivity index (χ4v) is 8.10. The van der Waals surface area contributed by atoms with Gasteiger partial charge in [-0.1, -0.05) is 120 Å². The van der Waals surface area contributed by atoms with Crippen molar-refractivity contribution < 1.29 is 43.0 Å². The largest absolute Gasteiger partial charge is 0.465 e. The summed E-state index contributed by atoms with van der Waals surface area (Å²) in [6.07, 6.45) is 10.4.